The van der Waals surface area contributed by atoms with Crippen LogP contribution in [0.3, 0.4) is 0 Å². The van der Waals surface area contributed by atoms with Gasteiger partial charge in [0.2, 0.25) is 0 Å². The summed E-state index contributed by atoms with van der Waals surface area (Å²) in [5.41, 5.74) is 3.18. The van der Waals surface area contributed by atoms with Crippen molar-refractivity contribution in [3.63, 3.8) is 0 Å². The molecule has 0 radical (unpaired) electrons. The van der Waals surface area contributed by atoms with Crippen LogP contribution in [0.4, 0.5) is 21.0 Å². The predicted molar refractivity (Wildman–Crippen MR) is 122 cm³/mol. The third-order valence-corrected chi connectivity index (χ3v) is 4.54. The molecule has 0 fully saturated rings. The number of hydrogen-bond acceptors (Lipinski definition) is 3. The van der Waals surface area contributed by atoms with Crippen molar-refractivity contribution in [1.29, 1.82) is 0 Å². The summed E-state index contributed by atoms with van der Waals surface area (Å²) < 4.78 is 5.26. The molecule has 0 atom stereocenters. The highest BCUT2D eigenvalue weighted by Gasteiger charge is 2.16. The highest BCUT2D eigenvalue weighted by atomic mass is 16.6. The first kappa shape index (κ1) is 23.3. The summed E-state index contributed by atoms with van der Waals surface area (Å²) >= 11 is 0. The van der Waals surface area contributed by atoms with Gasteiger partial charge in [-0.2, -0.15) is 0 Å². The first-order chi connectivity index (χ1) is 14.2. The Balaban J connectivity index is 1.88. The molecule has 0 aliphatic heterocycles. The summed E-state index contributed by atoms with van der Waals surface area (Å²) in [6.07, 6.45) is 2.11. The van der Waals surface area contributed by atoms with Crippen LogP contribution in [0.5, 0.6) is 0 Å². The van der Waals surface area contributed by atoms with E-state index in [2.05, 4.69) is 29.8 Å². The molecule has 0 aliphatic carbocycles. The van der Waals surface area contributed by atoms with E-state index < -0.39 is 11.7 Å². The van der Waals surface area contributed by atoms with Crippen molar-refractivity contribution in [1.82, 2.24) is 5.32 Å². The molecule has 162 valence electrons. The lowest BCUT2D eigenvalue weighted by molar-refractivity contribution is 0.0636. The highest BCUT2D eigenvalue weighted by Crippen LogP contribution is 2.17. The fourth-order valence-corrected chi connectivity index (χ4v) is 2.91. The average Bonchev–Trinajstić information content (AvgIpc) is 2.67. The summed E-state index contributed by atoms with van der Waals surface area (Å²) in [7, 11) is 0. The summed E-state index contributed by atoms with van der Waals surface area (Å²) in [4.78, 5) is 23.9. The van der Waals surface area contributed by atoms with Crippen molar-refractivity contribution < 1.29 is 14.3 Å². The maximum Gasteiger partial charge on any atom is 0.412 e. The van der Waals surface area contributed by atoms with Crippen LogP contribution < -0.4 is 16.0 Å². The molecule has 2 aromatic carbocycles. The molecule has 2 aromatic rings. The fourth-order valence-electron chi connectivity index (χ4n) is 2.91. The van der Waals surface area contributed by atoms with Crippen LogP contribution in [-0.4, -0.2) is 23.8 Å². The molecule has 0 saturated heterocycles. The third kappa shape index (κ3) is 8.15. The van der Waals surface area contributed by atoms with Gasteiger partial charge in [0.1, 0.15) is 5.60 Å². The number of nitrogens with one attached hydrogen (secondary N) is 3. The van der Waals surface area contributed by atoms with E-state index in [1.165, 1.54) is 0 Å². The standard InChI is InChI=1S/C24H33N3O3/c1-6-19(7-2)25-22(28)26-20-12-8-17(9-13-20)16-18-10-14-21(15-11-18)27-23(29)30-24(3,4)5/h8-15,19H,6-7,16H2,1-5H3,(H,27,29)(H2,25,26,28). The predicted octanol–water partition coefficient (Wildman–Crippen LogP) is 5.93. The summed E-state index contributed by atoms with van der Waals surface area (Å²) in [5.74, 6) is 0. The van der Waals surface area contributed by atoms with Gasteiger partial charge in [0.25, 0.3) is 0 Å². The Hall–Kier alpha value is -3.02. The molecule has 0 heterocycles. The zero-order valence-electron chi connectivity index (χ0n) is 18.5. The van der Waals surface area contributed by atoms with Crippen LogP contribution in [0.2, 0.25) is 0 Å². The second-order valence-corrected chi connectivity index (χ2v) is 8.31. The summed E-state index contributed by atoms with van der Waals surface area (Å²) in [5, 5.41) is 8.56. The summed E-state index contributed by atoms with van der Waals surface area (Å²) in [6.45, 7) is 9.61. The van der Waals surface area contributed by atoms with Gasteiger partial charge in [0.05, 0.1) is 0 Å². The lowest BCUT2D eigenvalue weighted by atomic mass is 10.0. The molecule has 2 rings (SSSR count). The molecule has 6 nitrogen and oxygen atoms in total. The molecule has 3 amide bonds. The molecule has 0 aromatic heterocycles. The Morgan fingerprint density at radius 1 is 0.833 bits per heavy atom. The van der Waals surface area contributed by atoms with Gasteiger partial charge in [0, 0.05) is 17.4 Å². The van der Waals surface area contributed by atoms with Crippen LogP contribution in [0.15, 0.2) is 48.5 Å². The van der Waals surface area contributed by atoms with E-state index in [4.69, 9.17) is 4.74 Å². The van der Waals surface area contributed by atoms with E-state index in [-0.39, 0.29) is 12.1 Å². The molecule has 0 bridgehead atoms. The SMILES string of the molecule is CCC(CC)NC(=O)Nc1ccc(Cc2ccc(NC(=O)OC(C)(C)C)cc2)cc1. The normalized spacial score (nSPS) is 11.1. The van der Waals surface area contributed by atoms with Crippen LogP contribution in [0.1, 0.15) is 58.6 Å². The Kier molecular flexibility index (Phi) is 8.27. The van der Waals surface area contributed by atoms with Crippen molar-refractivity contribution in [2.45, 2.75) is 65.5 Å². The Labute approximate surface area is 179 Å². The topological polar surface area (TPSA) is 79.5 Å². The third-order valence-electron chi connectivity index (χ3n) is 4.54. The van der Waals surface area contributed by atoms with Gasteiger partial charge in [0.15, 0.2) is 0 Å². The van der Waals surface area contributed by atoms with Gasteiger partial charge < -0.3 is 15.4 Å². The minimum Gasteiger partial charge on any atom is -0.444 e. The van der Waals surface area contributed by atoms with Crippen LogP contribution in [0.25, 0.3) is 0 Å². The molecule has 0 unspecified atom stereocenters. The second-order valence-electron chi connectivity index (χ2n) is 8.31. The number of urea groups is 1. The average molecular weight is 412 g/mol. The van der Waals surface area contributed by atoms with Crippen LogP contribution in [0, 0.1) is 0 Å². The van der Waals surface area contributed by atoms with E-state index in [1.54, 1.807) is 0 Å². The smallest absolute Gasteiger partial charge is 0.412 e. The van der Waals surface area contributed by atoms with Gasteiger partial charge in [-0.1, -0.05) is 38.1 Å². The van der Waals surface area contributed by atoms with Crippen molar-refractivity contribution in [3.8, 4) is 0 Å². The van der Waals surface area contributed by atoms with Gasteiger partial charge in [-0.25, -0.2) is 9.59 Å². The Morgan fingerprint density at radius 2 is 1.30 bits per heavy atom. The molecular weight excluding hydrogens is 378 g/mol. The molecule has 0 aliphatic rings. The van der Waals surface area contributed by atoms with Gasteiger partial charge >= 0.3 is 12.1 Å². The minimum atomic E-state index is -0.528. The summed E-state index contributed by atoms with van der Waals surface area (Å²) in [6, 6.07) is 15.5. The number of carbonyl (C=O) groups is 2. The van der Waals surface area contributed by atoms with Gasteiger partial charge in [-0.3, -0.25) is 5.32 Å². The van der Waals surface area contributed by atoms with E-state index in [0.717, 1.165) is 36.1 Å². The number of anilines is 2. The zero-order chi connectivity index (χ0) is 22.1. The molecule has 0 saturated carbocycles. The number of carbonyl (C=O) groups excluding carboxylic acids is 2. The molecule has 6 heteroatoms. The second kappa shape index (κ2) is 10.7. The maximum absolute atomic E-state index is 12.0. The lowest BCUT2D eigenvalue weighted by Gasteiger charge is -2.19. The number of ether oxygens (including phenoxy) is 1. The minimum absolute atomic E-state index is 0.176. The number of rotatable bonds is 7. The molecular formula is C24H33N3O3. The zero-order valence-corrected chi connectivity index (χ0v) is 18.5. The largest absolute Gasteiger partial charge is 0.444 e. The van der Waals surface area contributed by atoms with E-state index in [1.807, 2.05) is 69.3 Å². The lowest BCUT2D eigenvalue weighted by Crippen LogP contribution is -2.37. The number of amides is 3. The monoisotopic (exact) mass is 411 g/mol. The van der Waals surface area contributed by atoms with Crippen molar-refractivity contribution in [2.75, 3.05) is 10.6 Å². The first-order valence-electron chi connectivity index (χ1n) is 10.4. The van der Waals surface area contributed by atoms with E-state index >= 15 is 0 Å². The van der Waals surface area contributed by atoms with Gasteiger partial charge in [-0.15, -0.1) is 0 Å². The fraction of sp³-hybridized carbons (Fsp3) is 0.417. The van der Waals surface area contributed by atoms with Gasteiger partial charge in [-0.05, 0) is 75.4 Å². The van der Waals surface area contributed by atoms with Crippen molar-refractivity contribution in [3.05, 3.63) is 59.7 Å². The van der Waals surface area contributed by atoms with Crippen LogP contribution >= 0.6 is 0 Å². The van der Waals surface area contributed by atoms with Crippen molar-refractivity contribution >= 4 is 23.5 Å². The highest BCUT2D eigenvalue weighted by molar-refractivity contribution is 5.89. The molecule has 30 heavy (non-hydrogen) atoms. The number of benzene rings is 2. The van der Waals surface area contributed by atoms with Crippen molar-refractivity contribution in [2.24, 2.45) is 0 Å². The number of hydrogen-bond donors (Lipinski definition) is 3. The molecule has 0 spiro atoms. The Bertz CT molecular complexity index is 820. The first-order valence-corrected chi connectivity index (χ1v) is 10.4. The Morgan fingerprint density at radius 3 is 1.73 bits per heavy atom. The van der Waals surface area contributed by atoms with Crippen LogP contribution in [-0.2, 0) is 11.2 Å². The quantitative estimate of drug-likeness (QED) is 0.528. The maximum atomic E-state index is 12.0. The molecule has 3 N–H and O–H groups in total. The van der Waals surface area contributed by atoms with E-state index in [9.17, 15) is 9.59 Å². The van der Waals surface area contributed by atoms with E-state index in [0.29, 0.717) is 5.69 Å².